The van der Waals surface area contributed by atoms with Crippen LogP contribution in [-0.2, 0) is 9.53 Å². The fourth-order valence-electron chi connectivity index (χ4n) is 1.30. The van der Waals surface area contributed by atoms with Crippen molar-refractivity contribution in [3.63, 3.8) is 0 Å². The van der Waals surface area contributed by atoms with Gasteiger partial charge in [0, 0.05) is 29.9 Å². The number of aromatic nitrogens is 2. The Bertz CT molecular complexity index is 341. The van der Waals surface area contributed by atoms with Crippen molar-refractivity contribution >= 4 is 5.97 Å². The second kappa shape index (κ2) is 5.41. The minimum atomic E-state index is -0.250. The highest BCUT2D eigenvalue weighted by atomic mass is 16.5. The van der Waals surface area contributed by atoms with E-state index < -0.39 is 0 Å². The van der Waals surface area contributed by atoms with Crippen molar-refractivity contribution < 1.29 is 9.53 Å². The molecule has 1 rings (SSSR count). The van der Waals surface area contributed by atoms with Crippen molar-refractivity contribution in [1.82, 2.24) is 9.97 Å². The SMILES string of the molecule is COC(=O)CCC(N)c1cncnc1C. The third-order valence-electron chi connectivity index (χ3n) is 2.24. The zero-order valence-corrected chi connectivity index (χ0v) is 8.93. The number of carbonyl (C=O) groups is 1. The molecule has 5 heteroatoms. The van der Waals surface area contributed by atoms with Crippen LogP contribution in [0.5, 0.6) is 0 Å². The number of ether oxygens (including phenoxy) is 1. The summed E-state index contributed by atoms with van der Waals surface area (Å²) in [5, 5.41) is 0. The summed E-state index contributed by atoms with van der Waals surface area (Å²) in [6, 6.07) is -0.217. The molecule has 0 saturated carbocycles. The van der Waals surface area contributed by atoms with Crippen LogP contribution in [-0.4, -0.2) is 23.0 Å². The summed E-state index contributed by atoms with van der Waals surface area (Å²) in [6.45, 7) is 1.87. The fraction of sp³-hybridized carbons (Fsp3) is 0.500. The average molecular weight is 209 g/mol. The van der Waals surface area contributed by atoms with Gasteiger partial charge in [-0.3, -0.25) is 4.79 Å². The van der Waals surface area contributed by atoms with Gasteiger partial charge in [0.25, 0.3) is 0 Å². The highest BCUT2D eigenvalue weighted by Gasteiger charge is 2.12. The first-order valence-electron chi connectivity index (χ1n) is 4.74. The van der Waals surface area contributed by atoms with Gasteiger partial charge in [-0.1, -0.05) is 0 Å². The number of aryl methyl sites for hydroxylation is 1. The van der Waals surface area contributed by atoms with Gasteiger partial charge in [-0.05, 0) is 13.3 Å². The van der Waals surface area contributed by atoms with Gasteiger partial charge < -0.3 is 10.5 Å². The number of hydrogen-bond acceptors (Lipinski definition) is 5. The van der Waals surface area contributed by atoms with Crippen LogP contribution in [0.15, 0.2) is 12.5 Å². The topological polar surface area (TPSA) is 78.1 Å². The van der Waals surface area contributed by atoms with E-state index in [9.17, 15) is 4.79 Å². The Hall–Kier alpha value is -1.49. The Kier molecular flexibility index (Phi) is 4.17. The number of carbonyl (C=O) groups excluding carboxylic acids is 1. The van der Waals surface area contributed by atoms with Crippen molar-refractivity contribution in [1.29, 1.82) is 0 Å². The molecule has 15 heavy (non-hydrogen) atoms. The molecule has 0 bridgehead atoms. The Balaban J connectivity index is 2.57. The monoisotopic (exact) mass is 209 g/mol. The first kappa shape index (κ1) is 11.6. The largest absolute Gasteiger partial charge is 0.469 e. The Morgan fingerprint density at radius 2 is 2.40 bits per heavy atom. The van der Waals surface area contributed by atoms with Crippen LogP contribution >= 0.6 is 0 Å². The van der Waals surface area contributed by atoms with Crippen LogP contribution in [0, 0.1) is 6.92 Å². The van der Waals surface area contributed by atoms with Gasteiger partial charge in [-0.2, -0.15) is 0 Å². The molecule has 0 amide bonds. The maximum absolute atomic E-state index is 10.9. The summed E-state index contributed by atoms with van der Waals surface area (Å²) in [4.78, 5) is 18.9. The molecule has 0 aliphatic rings. The zero-order chi connectivity index (χ0) is 11.3. The van der Waals surface area contributed by atoms with E-state index in [0.29, 0.717) is 12.8 Å². The van der Waals surface area contributed by atoms with E-state index in [1.807, 2.05) is 6.92 Å². The quantitative estimate of drug-likeness (QED) is 0.740. The van der Waals surface area contributed by atoms with Gasteiger partial charge in [-0.15, -0.1) is 0 Å². The lowest BCUT2D eigenvalue weighted by Gasteiger charge is -2.12. The first-order chi connectivity index (χ1) is 7.15. The minimum absolute atomic E-state index is 0.217. The lowest BCUT2D eigenvalue weighted by Crippen LogP contribution is -2.15. The number of esters is 1. The fourth-order valence-corrected chi connectivity index (χ4v) is 1.30. The molecule has 0 aromatic carbocycles. The molecule has 0 saturated heterocycles. The van der Waals surface area contributed by atoms with Gasteiger partial charge >= 0.3 is 5.97 Å². The molecule has 0 radical (unpaired) electrons. The maximum Gasteiger partial charge on any atom is 0.305 e. The number of nitrogens with two attached hydrogens (primary N) is 1. The summed E-state index contributed by atoms with van der Waals surface area (Å²) in [7, 11) is 1.37. The summed E-state index contributed by atoms with van der Waals surface area (Å²) < 4.78 is 4.54. The number of hydrogen-bond donors (Lipinski definition) is 1. The molecule has 1 aromatic heterocycles. The van der Waals surface area contributed by atoms with E-state index >= 15 is 0 Å². The smallest absolute Gasteiger partial charge is 0.305 e. The van der Waals surface area contributed by atoms with Crippen LogP contribution in [0.2, 0.25) is 0 Å². The van der Waals surface area contributed by atoms with Crippen molar-refractivity contribution in [2.45, 2.75) is 25.8 Å². The van der Waals surface area contributed by atoms with Crippen LogP contribution in [0.4, 0.5) is 0 Å². The van der Waals surface area contributed by atoms with Gasteiger partial charge in [0.05, 0.1) is 7.11 Å². The lowest BCUT2D eigenvalue weighted by atomic mass is 10.0. The predicted octanol–water partition coefficient (Wildman–Crippen LogP) is 0.738. The third kappa shape index (κ3) is 3.28. The van der Waals surface area contributed by atoms with Crippen LogP contribution in [0.25, 0.3) is 0 Å². The van der Waals surface area contributed by atoms with Gasteiger partial charge in [0.15, 0.2) is 0 Å². The molecule has 2 N–H and O–H groups in total. The molecule has 82 valence electrons. The zero-order valence-electron chi connectivity index (χ0n) is 8.93. The first-order valence-corrected chi connectivity index (χ1v) is 4.74. The molecule has 5 nitrogen and oxygen atoms in total. The number of rotatable bonds is 4. The standard InChI is InChI=1S/C10H15N3O2/c1-7-8(5-12-6-13-7)9(11)3-4-10(14)15-2/h5-6,9H,3-4,11H2,1-2H3. The van der Waals surface area contributed by atoms with Crippen molar-refractivity contribution in [3.8, 4) is 0 Å². The molecular formula is C10H15N3O2. The van der Waals surface area contributed by atoms with Gasteiger partial charge in [0.2, 0.25) is 0 Å². The minimum Gasteiger partial charge on any atom is -0.469 e. The Morgan fingerprint density at radius 1 is 1.67 bits per heavy atom. The summed E-state index contributed by atoms with van der Waals surface area (Å²) in [6.07, 6.45) is 4.02. The average Bonchev–Trinajstić information content (AvgIpc) is 2.26. The van der Waals surface area contributed by atoms with E-state index in [4.69, 9.17) is 5.73 Å². The van der Waals surface area contributed by atoms with Gasteiger partial charge in [0.1, 0.15) is 6.33 Å². The molecular weight excluding hydrogens is 194 g/mol. The second-order valence-electron chi connectivity index (χ2n) is 3.28. The lowest BCUT2D eigenvalue weighted by molar-refractivity contribution is -0.140. The molecule has 0 fully saturated rings. The maximum atomic E-state index is 10.9. The van der Waals surface area contributed by atoms with Crippen LogP contribution in [0.1, 0.15) is 30.1 Å². The molecule has 1 unspecified atom stereocenters. The predicted molar refractivity (Wildman–Crippen MR) is 54.9 cm³/mol. The third-order valence-corrected chi connectivity index (χ3v) is 2.24. The van der Waals surface area contributed by atoms with Gasteiger partial charge in [-0.25, -0.2) is 9.97 Å². The number of nitrogens with zero attached hydrogens (tertiary/aromatic N) is 2. The summed E-state index contributed by atoms with van der Waals surface area (Å²) >= 11 is 0. The van der Waals surface area contributed by atoms with Crippen LogP contribution < -0.4 is 5.73 Å². The van der Waals surface area contributed by atoms with Crippen molar-refractivity contribution in [3.05, 3.63) is 23.8 Å². The van der Waals surface area contributed by atoms with E-state index in [0.717, 1.165) is 11.3 Å². The van der Waals surface area contributed by atoms with E-state index in [-0.39, 0.29) is 12.0 Å². The van der Waals surface area contributed by atoms with E-state index in [1.165, 1.54) is 13.4 Å². The molecule has 0 aliphatic carbocycles. The molecule has 0 aliphatic heterocycles. The molecule has 0 spiro atoms. The second-order valence-corrected chi connectivity index (χ2v) is 3.28. The number of methoxy groups -OCH3 is 1. The summed E-state index contributed by atoms with van der Waals surface area (Å²) in [5.74, 6) is -0.250. The van der Waals surface area contributed by atoms with E-state index in [2.05, 4.69) is 14.7 Å². The Labute approximate surface area is 88.7 Å². The highest BCUT2D eigenvalue weighted by molar-refractivity contribution is 5.69. The van der Waals surface area contributed by atoms with E-state index in [1.54, 1.807) is 6.20 Å². The van der Waals surface area contributed by atoms with Crippen molar-refractivity contribution in [2.75, 3.05) is 7.11 Å². The molecule has 1 aromatic rings. The van der Waals surface area contributed by atoms with Crippen molar-refractivity contribution in [2.24, 2.45) is 5.73 Å². The highest BCUT2D eigenvalue weighted by Crippen LogP contribution is 2.16. The normalized spacial score (nSPS) is 12.2. The summed E-state index contributed by atoms with van der Waals surface area (Å²) in [5.41, 5.74) is 7.64. The molecule has 1 heterocycles. The molecule has 1 atom stereocenters. The van der Waals surface area contributed by atoms with Crippen LogP contribution in [0.3, 0.4) is 0 Å². The Morgan fingerprint density at radius 3 is 3.00 bits per heavy atom.